The van der Waals surface area contributed by atoms with Gasteiger partial charge in [0.25, 0.3) is 0 Å². The van der Waals surface area contributed by atoms with Crippen LogP contribution in [0.5, 0.6) is 0 Å². The molecule has 0 aromatic carbocycles. The lowest BCUT2D eigenvalue weighted by Gasteiger charge is -2.35. The lowest BCUT2D eigenvalue weighted by Crippen LogP contribution is -2.42. The van der Waals surface area contributed by atoms with Gasteiger partial charge in [-0.3, -0.25) is 0 Å². The van der Waals surface area contributed by atoms with E-state index >= 15 is 0 Å². The van der Waals surface area contributed by atoms with Crippen molar-refractivity contribution in [2.45, 2.75) is 166 Å². The minimum atomic E-state index is -2.67. The van der Waals surface area contributed by atoms with Gasteiger partial charge in [0.1, 0.15) is 0 Å². The monoisotopic (exact) mass is 486 g/mol. The summed E-state index contributed by atoms with van der Waals surface area (Å²) < 4.78 is 11.9. The highest BCUT2D eigenvalue weighted by molar-refractivity contribution is 6.64. The van der Waals surface area contributed by atoms with Crippen LogP contribution in [0.25, 0.3) is 0 Å². The molecule has 0 bridgehead atoms. The van der Waals surface area contributed by atoms with Crippen LogP contribution >= 0.6 is 0 Å². The van der Waals surface area contributed by atoms with Gasteiger partial charge in [-0.15, -0.1) is 0 Å². The van der Waals surface area contributed by atoms with Gasteiger partial charge in [-0.2, -0.15) is 9.78 Å². The topological polar surface area (TPSA) is 55.4 Å². The Bertz CT molecular complexity index is 461. The zero-order valence-corrected chi connectivity index (χ0v) is 22.5. The lowest BCUT2D eigenvalue weighted by molar-refractivity contribution is -0.552. The molecule has 3 rings (SSSR count). The predicted octanol–water partition coefficient (Wildman–Crippen LogP) is 8.55. The van der Waals surface area contributed by atoms with Crippen LogP contribution < -0.4 is 0 Å². The smallest absolute Gasteiger partial charge is 0.246 e. The summed E-state index contributed by atoms with van der Waals surface area (Å²) in [7, 11) is -2.67. The van der Waals surface area contributed by atoms with E-state index in [-0.39, 0.29) is 0 Å². The summed E-state index contributed by atoms with van der Waals surface area (Å²) in [4.78, 5) is 24.7. The SMILES string of the molecule is C[Si]1(C)OOC2(CCCCCCCCCCC2)OOC2(CCCCCCCCCCC2)OO1. The molecule has 3 aliphatic rings. The molecule has 33 heavy (non-hydrogen) atoms. The van der Waals surface area contributed by atoms with Crippen molar-refractivity contribution in [2.24, 2.45) is 0 Å². The Labute approximate surface area is 203 Å². The Hall–Kier alpha value is -0.0231. The summed E-state index contributed by atoms with van der Waals surface area (Å²) in [6.07, 6.45) is 25.1. The molecule has 1 saturated heterocycles. The van der Waals surface area contributed by atoms with E-state index in [1.807, 2.05) is 13.1 Å². The normalized spacial score (nSPS) is 29.3. The number of hydrogen-bond donors (Lipinski definition) is 0. The first-order valence-corrected chi connectivity index (χ1v) is 17.0. The van der Waals surface area contributed by atoms with E-state index < -0.39 is 20.1 Å². The van der Waals surface area contributed by atoms with Gasteiger partial charge in [-0.05, 0) is 38.8 Å². The van der Waals surface area contributed by atoms with Crippen LogP contribution in [-0.2, 0) is 28.7 Å². The van der Waals surface area contributed by atoms with Crippen molar-refractivity contribution in [2.75, 3.05) is 0 Å². The Balaban J connectivity index is 1.75. The van der Waals surface area contributed by atoms with Gasteiger partial charge in [0.2, 0.25) is 11.6 Å². The van der Waals surface area contributed by atoms with Gasteiger partial charge in [0, 0.05) is 25.7 Å². The number of hydrogen-bond acceptors (Lipinski definition) is 6. The van der Waals surface area contributed by atoms with Crippen LogP contribution in [0.15, 0.2) is 0 Å². The third-order valence-corrected chi connectivity index (χ3v) is 8.33. The summed E-state index contributed by atoms with van der Waals surface area (Å²) in [6.45, 7) is 3.93. The van der Waals surface area contributed by atoms with Gasteiger partial charge in [0.05, 0.1) is 0 Å². The molecule has 2 saturated carbocycles. The molecule has 0 aromatic heterocycles. The highest BCUT2D eigenvalue weighted by Crippen LogP contribution is 2.38. The number of rotatable bonds is 0. The van der Waals surface area contributed by atoms with Crippen molar-refractivity contribution < 1.29 is 28.7 Å². The van der Waals surface area contributed by atoms with E-state index in [1.165, 1.54) is 89.9 Å². The fraction of sp³-hybridized carbons (Fsp3) is 1.00. The van der Waals surface area contributed by atoms with Crippen molar-refractivity contribution in [3.05, 3.63) is 0 Å². The van der Waals surface area contributed by atoms with Crippen LogP contribution in [0, 0.1) is 0 Å². The van der Waals surface area contributed by atoms with Gasteiger partial charge in [0.15, 0.2) is 0 Å². The van der Waals surface area contributed by atoms with Crippen LogP contribution in [-0.4, -0.2) is 20.1 Å². The van der Waals surface area contributed by atoms with Gasteiger partial charge in [-0.25, -0.2) is 18.9 Å². The second kappa shape index (κ2) is 14.5. The molecular formula is C26H50O6Si. The van der Waals surface area contributed by atoms with E-state index in [4.69, 9.17) is 28.7 Å². The molecular weight excluding hydrogens is 436 g/mol. The van der Waals surface area contributed by atoms with Gasteiger partial charge >= 0.3 is 8.56 Å². The molecule has 0 amide bonds. The van der Waals surface area contributed by atoms with E-state index in [9.17, 15) is 0 Å². The first-order chi connectivity index (χ1) is 16.0. The summed E-state index contributed by atoms with van der Waals surface area (Å²) in [5, 5.41) is 0. The zero-order valence-electron chi connectivity index (χ0n) is 21.5. The van der Waals surface area contributed by atoms with Crippen molar-refractivity contribution in [1.82, 2.24) is 0 Å². The summed E-state index contributed by atoms with van der Waals surface area (Å²) >= 11 is 0. The molecule has 1 aliphatic heterocycles. The molecule has 0 N–H and O–H groups in total. The fourth-order valence-electron chi connectivity index (χ4n) is 5.18. The minimum absolute atomic E-state index is 0.771. The van der Waals surface area contributed by atoms with Crippen LogP contribution in [0.3, 0.4) is 0 Å². The summed E-state index contributed by atoms with van der Waals surface area (Å²) in [6, 6.07) is 0. The molecule has 0 atom stereocenters. The van der Waals surface area contributed by atoms with Crippen molar-refractivity contribution in [1.29, 1.82) is 0 Å². The molecule has 2 spiro atoms. The third-order valence-electron chi connectivity index (χ3n) is 7.36. The maximum Gasteiger partial charge on any atom is 0.404 e. The van der Waals surface area contributed by atoms with Crippen molar-refractivity contribution in [3.63, 3.8) is 0 Å². The predicted molar refractivity (Wildman–Crippen MR) is 131 cm³/mol. The van der Waals surface area contributed by atoms with Gasteiger partial charge in [-0.1, -0.05) is 89.9 Å². The highest BCUT2D eigenvalue weighted by Gasteiger charge is 2.47. The first-order valence-electron chi connectivity index (χ1n) is 14.1. The second-order valence-electron chi connectivity index (χ2n) is 11.1. The zero-order chi connectivity index (χ0) is 23.3. The molecule has 7 heteroatoms. The molecule has 3 fully saturated rings. The fourth-order valence-corrected chi connectivity index (χ4v) is 5.91. The molecule has 194 valence electrons. The minimum Gasteiger partial charge on any atom is -0.246 e. The van der Waals surface area contributed by atoms with Crippen LogP contribution in [0.4, 0.5) is 0 Å². The average molecular weight is 487 g/mol. The third kappa shape index (κ3) is 10.2. The van der Waals surface area contributed by atoms with E-state index in [2.05, 4.69) is 0 Å². The standard InChI is InChI=1S/C26H50O6Si/c1-33(2)31-29-25(21-17-13-9-5-3-6-10-14-18-22-25)27-28-26(30-32-33)23-19-15-11-7-4-8-12-16-20-24-26/h3-24H2,1-2H3. The second-order valence-corrected chi connectivity index (χ2v) is 14.2. The molecule has 2 aliphatic carbocycles. The maximum absolute atomic E-state index is 6.28. The summed E-state index contributed by atoms with van der Waals surface area (Å²) in [5.41, 5.74) is 0. The van der Waals surface area contributed by atoms with Crippen molar-refractivity contribution in [3.8, 4) is 0 Å². The highest BCUT2D eigenvalue weighted by atomic mass is 28.4. The van der Waals surface area contributed by atoms with Gasteiger partial charge < -0.3 is 0 Å². The quantitative estimate of drug-likeness (QED) is 0.252. The van der Waals surface area contributed by atoms with E-state index in [0.717, 1.165) is 51.4 Å². The molecule has 0 unspecified atom stereocenters. The molecule has 6 nitrogen and oxygen atoms in total. The lowest BCUT2D eigenvalue weighted by atomic mass is 9.97. The van der Waals surface area contributed by atoms with E-state index in [0.29, 0.717) is 0 Å². The molecule has 0 aromatic rings. The molecule has 0 radical (unpaired) electrons. The first kappa shape index (κ1) is 27.6. The largest absolute Gasteiger partial charge is 0.404 e. The Kier molecular flexibility index (Phi) is 12.1. The Morgan fingerprint density at radius 1 is 0.364 bits per heavy atom. The van der Waals surface area contributed by atoms with Crippen molar-refractivity contribution >= 4 is 8.56 Å². The van der Waals surface area contributed by atoms with Crippen LogP contribution in [0.2, 0.25) is 13.1 Å². The average Bonchev–Trinajstić information content (AvgIpc) is 2.83. The Morgan fingerprint density at radius 3 is 0.879 bits per heavy atom. The van der Waals surface area contributed by atoms with Crippen LogP contribution in [0.1, 0.15) is 141 Å². The Morgan fingerprint density at radius 2 is 0.606 bits per heavy atom. The summed E-state index contributed by atoms with van der Waals surface area (Å²) in [5.74, 6) is -1.78. The molecule has 1 heterocycles. The van der Waals surface area contributed by atoms with E-state index in [1.54, 1.807) is 0 Å². The maximum atomic E-state index is 6.28.